The Morgan fingerprint density at radius 1 is 0.341 bits per heavy atom. The average molecular weight is 578 g/mol. The van der Waals surface area contributed by atoms with E-state index >= 15 is 0 Å². The Morgan fingerprint density at radius 3 is 1.05 bits per heavy atom. The molecule has 0 aromatic rings. The second-order valence-electron chi connectivity index (χ2n) is 14.6. The molecule has 0 aliphatic rings. The molecular weight excluding hydrogens is 494 g/mol. The van der Waals surface area contributed by atoms with Crippen LogP contribution in [0.5, 0.6) is 0 Å². The van der Waals surface area contributed by atoms with E-state index in [0.29, 0.717) is 0 Å². The van der Waals surface area contributed by atoms with E-state index in [1.165, 1.54) is 199 Å². The third kappa shape index (κ3) is 29.8. The molecule has 248 valence electrons. The number of unbranched alkanes of at least 4 members (excludes halogenated alkanes) is 19. The molecule has 0 bridgehead atoms. The highest BCUT2D eigenvalue weighted by atomic mass is 15.0. The van der Waals surface area contributed by atoms with Gasteiger partial charge in [0, 0.05) is 0 Å². The molecule has 0 aromatic carbocycles. The lowest BCUT2D eigenvalue weighted by molar-refractivity contribution is 0.232. The van der Waals surface area contributed by atoms with Crippen LogP contribution in [0.15, 0.2) is 0 Å². The van der Waals surface area contributed by atoms with Gasteiger partial charge in [-0.3, -0.25) is 0 Å². The number of hydrogen-bond acceptors (Lipinski definition) is 1. The predicted octanol–water partition coefficient (Wildman–Crippen LogP) is 14.2. The second-order valence-corrected chi connectivity index (χ2v) is 14.6. The smallest absolute Gasteiger partial charge is 0.00248 e. The van der Waals surface area contributed by atoms with Crippen molar-refractivity contribution in [2.24, 2.45) is 17.8 Å². The van der Waals surface area contributed by atoms with Crippen LogP contribution in [0.1, 0.15) is 220 Å². The molecule has 0 radical (unpaired) electrons. The molecule has 1 nitrogen and oxygen atoms in total. The summed E-state index contributed by atoms with van der Waals surface area (Å²) in [5, 5.41) is 0. The van der Waals surface area contributed by atoms with Crippen LogP contribution >= 0.6 is 0 Å². The van der Waals surface area contributed by atoms with Gasteiger partial charge in [0.1, 0.15) is 0 Å². The minimum atomic E-state index is 0.938. The van der Waals surface area contributed by atoms with Gasteiger partial charge >= 0.3 is 0 Å². The highest BCUT2D eigenvalue weighted by molar-refractivity contribution is 4.73. The summed E-state index contributed by atoms with van der Waals surface area (Å²) in [6, 6.07) is 0. The van der Waals surface area contributed by atoms with Gasteiger partial charge in [0.05, 0.1) is 0 Å². The van der Waals surface area contributed by atoms with E-state index in [1.54, 1.807) is 0 Å². The maximum Gasteiger partial charge on any atom is -0.00248 e. The normalized spacial score (nSPS) is 14.1. The third-order valence-corrected chi connectivity index (χ3v) is 10.0. The Balaban J connectivity index is 4.86. The maximum absolute atomic E-state index is 2.54. The lowest BCUT2D eigenvalue weighted by atomic mass is 9.77. The summed E-state index contributed by atoms with van der Waals surface area (Å²) < 4.78 is 0. The summed E-state index contributed by atoms with van der Waals surface area (Å²) in [5.41, 5.74) is 0. The molecule has 0 aliphatic heterocycles. The van der Waals surface area contributed by atoms with Crippen molar-refractivity contribution in [3.8, 4) is 0 Å². The summed E-state index contributed by atoms with van der Waals surface area (Å²) in [4.78, 5) is 2.36. The Morgan fingerprint density at radius 2 is 0.634 bits per heavy atom. The largest absolute Gasteiger partial charge is 0.309 e. The van der Waals surface area contributed by atoms with Crippen molar-refractivity contribution in [2.75, 3.05) is 20.6 Å². The van der Waals surface area contributed by atoms with Crippen molar-refractivity contribution in [1.82, 2.24) is 4.90 Å². The zero-order valence-electron chi connectivity index (χ0n) is 30.1. The molecule has 0 saturated carbocycles. The average Bonchev–Trinajstić information content (AvgIpc) is 2.95. The van der Waals surface area contributed by atoms with Crippen LogP contribution < -0.4 is 0 Å². The van der Waals surface area contributed by atoms with Gasteiger partial charge in [0.15, 0.2) is 0 Å². The van der Waals surface area contributed by atoms with Crippen molar-refractivity contribution < 1.29 is 0 Å². The van der Waals surface area contributed by atoms with Gasteiger partial charge in [0.2, 0.25) is 0 Å². The minimum Gasteiger partial charge on any atom is -0.309 e. The number of rotatable bonds is 34. The van der Waals surface area contributed by atoms with E-state index in [2.05, 4.69) is 46.7 Å². The van der Waals surface area contributed by atoms with Crippen LogP contribution in [0.2, 0.25) is 0 Å². The Bertz CT molecular complexity index is 471. The van der Waals surface area contributed by atoms with Crippen LogP contribution in [0.4, 0.5) is 0 Å². The Labute approximate surface area is 263 Å². The molecule has 0 fully saturated rings. The highest BCUT2D eigenvalue weighted by Crippen LogP contribution is 2.34. The van der Waals surface area contributed by atoms with Crippen LogP contribution in [-0.4, -0.2) is 25.5 Å². The van der Waals surface area contributed by atoms with E-state index in [1.807, 2.05) is 0 Å². The summed E-state index contributed by atoms with van der Waals surface area (Å²) >= 11 is 0. The van der Waals surface area contributed by atoms with E-state index in [9.17, 15) is 0 Å². The van der Waals surface area contributed by atoms with Crippen molar-refractivity contribution >= 4 is 0 Å². The molecule has 1 heteroatoms. The van der Waals surface area contributed by atoms with Gasteiger partial charge in [-0.15, -0.1) is 0 Å². The minimum absolute atomic E-state index is 0.938. The zero-order chi connectivity index (χ0) is 30.2. The molecule has 0 aromatic heterocycles. The molecule has 0 rings (SSSR count). The monoisotopic (exact) mass is 578 g/mol. The number of nitrogens with zero attached hydrogens (tertiary/aromatic N) is 1. The van der Waals surface area contributed by atoms with Crippen LogP contribution in [0, 0.1) is 17.8 Å². The molecule has 3 unspecified atom stereocenters. The van der Waals surface area contributed by atoms with Crippen molar-refractivity contribution in [2.45, 2.75) is 220 Å². The van der Waals surface area contributed by atoms with Crippen molar-refractivity contribution in [3.05, 3.63) is 0 Å². The zero-order valence-corrected chi connectivity index (χ0v) is 30.1. The topological polar surface area (TPSA) is 3.24 Å². The van der Waals surface area contributed by atoms with Crippen molar-refractivity contribution in [1.29, 1.82) is 0 Å². The molecule has 41 heavy (non-hydrogen) atoms. The molecular formula is C40H83N. The lowest BCUT2D eigenvalue weighted by Gasteiger charge is -2.28. The summed E-state index contributed by atoms with van der Waals surface area (Å²) in [6.07, 6.45) is 43.9. The van der Waals surface area contributed by atoms with Gasteiger partial charge < -0.3 is 4.90 Å². The van der Waals surface area contributed by atoms with Crippen molar-refractivity contribution in [3.63, 3.8) is 0 Å². The fourth-order valence-electron chi connectivity index (χ4n) is 7.12. The fraction of sp³-hybridized carbons (Fsp3) is 1.00. The molecule has 0 saturated heterocycles. The van der Waals surface area contributed by atoms with Gasteiger partial charge in [-0.25, -0.2) is 0 Å². The van der Waals surface area contributed by atoms with E-state index in [4.69, 9.17) is 0 Å². The highest BCUT2D eigenvalue weighted by Gasteiger charge is 2.21. The maximum atomic E-state index is 2.54. The Kier molecular flexibility index (Phi) is 32.8. The van der Waals surface area contributed by atoms with E-state index in [-0.39, 0.29) is 0 Å². The molecule has 0 aliphatic carbocycles. The predicted molar refractivity (Wildman–Crippen MR) is 190 cm³/mol. The standard InChI is InChI=1S/C40H83N/c1-7-10-13-15-17-19-21-26-33-39(34-28-23-24-29-37-41(5)6)40(35-27-22-20-18-16-14-11-8-2)36-30-32-38(4)31-25-12-9-3/h38-40H,7-37H2,1-6H3. The SMILES string of the molecule is CCCCCCCCCCC(CCCCCCN(C)C)C(CCCCCCCCCC)CCCC(C)CCCCC. The van der Waals surface area contributed by atoms with Gasteiger partial charge in [-0.1, -0.05) is 214 Å². The lowest BCUT2D eigenvalue weighted by Crippen LogP contribution is -2.16. The van der Waals surface area contributed by atoms with Crippen LogP contribution in [0.25, 0.3) is 0 Å². The molecule has 0 amide bonds. The molecule has 0 N–H and O–H groups in total. The van der Waals surface area contributed by atoms with E-state index in [0.717, 1.165) is 17.8 Å². The summed E-state index contributed by atoms with van der Waals surface area (Å²) in [6.45, 7) is 10.8. The first-order valence-electron chi connectivity index (χ1n) is 19.7. The summed E-state index contributed by atoms with van der Waals surface area (Å²) in [5.74, 6) is 2.95. The van der Waals surface area contributed by atoms with Crippen LogP contribution in [-0.2, 0) is 0 Å². The molecule has 0 spiro atoms. The third-order valence-electron chi connectivity index (χ3n) is 10.0. The second kappa shape index (κ2) is 32.9. The number of hydrogen-bond donors (Lipinski definition) is 0. The quantitative estimate of drug-likeness (QED) is 0.0687. The first kappa shape index (κ1) is 41.0. The summed E-state index contributed by atoms with van der Waals surface area (Å²) in [7, 11) is 4.45. The van der Waals surface area contributed by atoms with Gasteiger partial charge in [-0.05, 0) is 44.8 Å². The fourth-order valence-corrected chi connectivity index (χ4v) is 7.12. The van der Waals surface area contributed by atoms with E-state index < -0.39 is 0 Å². The molecule has 0 heterocycles. The first-order chi connectivity index (χ1) is 20.0. The van der Waals surface area contributed by atoms with Gasteiger partial charge in [0.25, 0.3) is 0 Å². The Hall–Kier alpha value is -0.0400. The van der Waals surface area contributed by atoms with Crippen LogP contribution in [0.3, 0.4) is 0 Å². The molecule has 3 atom stereocenters. The first-order valence-corrected chi connectivity index (χ1v) is 19.7. The van der Waals surface area contributed by atoms with Gasteiger partial charge in [-0.2, -0.15) is 0 Å².